The number of hydrogen-bond donors (Lipinski definition) is 1. The third-order valence-corrected chi connectivity index (χ3v) is 2.76. The Morgan fingerprint density at radius 1 is 1.41 bits per heavy atom. The molecule has 1 N–H and O–H groups in total. The summed E-state index contributed by atoms with van der Waals surface area (Å²) in [5.74, 6) is 0.976. The first kappa shape index (κ1) is 11.8. The SMILES string of the molecule is CCCNC(c1nccn1C)c1cnnn1C. The number of nitrogens with zero attached hydrogens (tertiary/aromatic N) is 5. The van der Waals surface area contributed by atoms with Gasteiger partial charge in [-0.1, -0.05) is 12.1 Å². The van der Waals surface area contributed by atoms with E-state index in [4.69, 9.17) is 0 Å². The summed E-state index contributed by atoms with van der Waals surface area (Å²) in [7, 11) is 3.89. The van der Waals surface area contributed by atoms with Gasteiger partial charge < -0.3 is 9.88 Å². The molecular weight excluding hydrogens is 216 g/mol. The zero-order valence-corrected chi connectivity index (χ0v) is 10.5. The number of imidazole rings is 1. The van der Waals surface area contributed by atoms with Crippen LogP contribution in [0.1, 0.15) is 30.9 Å². The molecule has 0 aromatic carbocycles. The fourth-order valence-corrected chi connectivity index (χ4v) is 1.83. The summed E-state index contributed by atoms with van der Waals surface area (Å²) in [6.45, 7) is 3.08. The van der Waals surface area contributed by atoms with E-state index < -0.39 is 0 Å². The topological polar surface area (TPSA) is 60.6 Å². The highest BCUT2D eigenvalue weighted by atomic mass is 15.4. The lowest BCUT2D eigenvalue weighted by atomic mass is 10.2. The van der Waals surface area contributed by atoms with Crippen LogP contribution >= 0.6 is 0 Å². The van der Waals surface area contributed by atoms with Crippen molar-refractivity contribution in [1.29, 1.82) is 0 Å². The zero-order valence-electron chi connectivity index (χ0n) is 10.5. The lowest BCUT2D eigenvalue weighted by Gasteiger charge is -2.17. The zero-order chi connectivity index (χ0) is 12.3. The highest BCUT2D eigenvalue weighted by Crippen LogP contribution is 2.18. The molecule has 0 aliphatic rings. The Morgan fingerprint density at radius 3 is 2.76 bits per heavy atom. The molecule has 1 unspecified atom stereocenters. The minimum atomic E-state index is 0.0370. The van der Waals surface area contributed by atoms with Gasteiger partial charge in [-0.05, 0) is 13.0 Å². The van der Waals surface area contributed by atoms with E-state index in [0.29, 0.717) is 0 Å². The van der Waals surface area contributed by atoms with E-state index >= 15 is 0 Å². The second kappa shape index (κ2) is 5.09. The van der Waals surface area contributed by atoms with E-state index in [9.17, 15) is 0 Å². The van der Waals surface area contributed by atoms with Gasteiger partial charge in [0.2, 0.25) is 0 Å². The Kier molecular flexibility index (Phi) is 3.53. The van der Waals surface area contributed by atoms with Crippen LogP contribution in [0.15, 0.2) is 18.6 Å². The van der Waals surface area contributed by atoms with Gasteiger partial charge in [0.15, 0.2) is 0 Å². The largest absolute Gasteiger partial charge is 0.336 e. The lowest BCUT2D eigenvalue weighted by molar-refractivity contribution is 0.518. The van der Waals surface area contributed by atoms with Crippen molar-refractivity contribution in [3.05, 3.63) is 30.1 Å². The summed E-state index contributed by atoms with van der Waals surface area (Å²) < 4.78 is 3.79. The second-order valence-corrected chi connectivity index (χ2v) is 4.07. The summed E-state index contributed by atoms with van der Waals surface area (Å²) >= 11 is 0. The molecule has 0 aliphatic heterocycles. The van der Waals surface area contributed by atoms with Gasteiger partial charge in [-0.25, -0.2) is 4.98 Å². The fourth-order valence-electron chi connectivity index (χ4n) is 1.83. The van der Waals surface area contributed by atoms with Crippen LogP contribution in [0.4, 0.5) is 0 Å². The summed E-state index contributed by atoms with van der Waals surface area (Å²) in [4.78, 5) is 4.40. The molecule has 2 aromatic rings. The summed E-state index contributed by atoms with van der Waals surface area (Å²) in [6, 6.07) is 0.0370. The maximum absolute atomic E-state index is 4.40. The van der Waals surface area contributed by atoms with Gasteiger partial charge in [0.05, 0.1) is 11.9 Å². The van der Waals surface area contributed by atoms with Crippen molar-refractivity contribution >= 4 is 0 Å². The number of aromatic nitrogens is 5. The molecule has 92 valence electrons. The number of aryl methyl sites for hydroxylation is 2. The molecule has 0 aliphatic carbocycles. The predicted molar refractivity (Wildman–Crippen MR) is 64.3 cm³/mol. The maximum Gasteiger partial charge on any atom is 0.131 e. The second-order valence-electron chi connectivity index (χ2n) is 4.07. The van der Waals surface area contributed by atoms with Crippen LogP contribution < -0.4 is 5.32 Å². The Bertz CT molecular complexity index is 432. The average molecular weight is 234 g/mol. The molecule has 0 saturated heterocycles. The monoisotopic (exact) mass is 234 g/mol. The van der Waals surface area contributed by atoms with Crippen LogP contribution in [0, 0.1) is 0 Å². The molecule has 2 heterocycles. The van der Waals surface area contributed by atoms with Crippen LogP contribution in [0.25, 0.3) is 0 Å². The van der Waals surface area contributed by atoms with E-state index in [2.05, 4.69) is 27.5 Å². The summed E-state index contributed by atoms with van der Waals surface area (Å²) in [5.41, 5.74) is 1.02. The van der Waals surface area contributed by atoms with Gasteiger partial charge in [0, 0.05) is 26.5 Å². The van der Waals surface area contributed by atoms with Gasteiger partial charge in [0.25, 0.3) is 0 Å². The molecular formula is C11H18N6. The average Bonchev–Trinajstić information content (AvgIpc) is 2.90. The highest BCUT2D eigenvalue weighted by Gasteiger charge is 2.20. The summed E-state index contributed by atoms with van der Waals surface area (Å²) in [6.07, 6.45) is 6.60. The third kappa shape index (κ3) is 2.36. The maximum atomic E-state index is 4.40. The molecule has 6 nitrogen and oxygen atoms in total. The van der Waals surface area contributed by atoms with Gasteiger partial charge in [-0.15, -0.1) is 5.10 Å². The van der Waals surface area contributed by atoms with Crippen molar-refractivity contribution in [1.82, 2.24) is 29.9 Å². The third-order valence-electron chi connectivity index (χ3n) is 2.76. The van der Waals surface area contributed by atoms with Crippen LogP contribution in [-0.2, 0) is 14.1 Å². The molecule has 0 fully saturated rings. The van der Waals surface area contributed by atoms with Gasteiger partial charge in [0.1, 0.15) is 11.9 Å². The smallest absolute Gasteiger partial charge is 0.131 e. The molecule has 17 heavy (non-hydrogen) atoms. The number of nitrogens with one attached hydrogen (secondary N) is 1. The summed E-state index contributed by atoms with van der Waals surface area (Å²) in [5, 5.41) is 11.4. The predicted octanol–water partition coefficient (Wildman–Crippen LogP) is 0.638. The molecule has 0 saturated carbocycles. The van der Waals surface area contributed by atoms with E-state index in [1.165, 1.54) is 0 Å². The highest BCUT2D eigenvalue weighted by molar-refractivity contribution is 5.15. The van der Waals surface area contributed by atoms with E-state index in [1.807, 2.05) is 24.9 Å². The minimum Gasteiger partial charge on any atom is -0.336 e. The van der Waals surface area contributed by atoms with Crippen molar-refractivity contribution in [2.24, 2.45) is 14.1 Å². The number of rotatable bonds is 5. The Labute approximate surface area is 101 Å². The molecule has 0 bridgehead atoms. The van der Waals surface area contributed by atoms with Gasteiger partial charge in [-0.2, -0.15) is 0 Å². The van der Waals surface area contributed by atoms with Crippen molar-refractivity contribution in [3.63, 3.8) is 0 Å². The molecule has 2 aromatic heterocycles. The minimum absolute atomic E-state index is 0.0370. The quantitative estimate of drug-likeness (QED) is 0.824. The first-order valence-electron chi connectivity index (χ1n) is 5.79. The van der Waals surface area contributed by atoms with Crippen LogP contribution in [0.5, 0.6) is 0 Å². The van der Waals surface area contributed by atoms with Gasteiger partial charge in [-0.3, -0.25) is 4.68 Å². The van der Waals surface area contributed by atoms with Crippen molar-refractivity contribution < 1.29 is 0 Å². The lowest BCUT2D eigenvalue weighted by Crippen LogP contribution is -2.27. The Morgan fingerprint density at radius 2 is 2.24 bits per heavy atom. The van der Waals surface area contributed by atoms with E-state index in [0.717, 1.165) is 24.5 Å². The van der Waals surface area contributed by atoms with E-state index in [1.54, 1.807) is 17.1 Å². The van der Waals surface area contributed by atoms with Crippen LogP contribution in [-0.4, -0.2) is 31.1 Å². The number of hydrogen-bond acceptors (Lipinski definition) is 4. The fraction of sp³-hybridized carbons (Fsp3) is 0.545. The molecule has 1 atom stereocenters. The molecule has 2 rings (SSSR count). The first-order valence-corrected chi connectivity index (χ1v) is 5.79. The van der Waals surface area contributed by atoms with Gasteiger partial charge >= 0.3 is 0 Å². The molecule has 6 heteroatoms. The van der Waals surface area contributed by atoms with Crippen molar-refractivity contribution in [2.75, 3.05) is 6.54 Å². The molecule has 0 radical (unpaired) electrons. The normalized spacial score (nSPS) is 12.9. The van der Waals surface area contributed by atoms with Crippen LogP contribution in [0.2, 0.25) is 0 Å². The van der Waals surface area contributed by atoms with Crippen LogP contribution in [0.3, 0.4) is 0 Å². The Balaban J connectivity index is 2.32. The molecule has 0 amide bonds. The molecule has 0 spiro atoms. The standard InChI is InChI=1S/C11H18N6/c1-4-5-12-10(9-8-14-15-17(9)3)11-13-6-7-16(11)2/h6-8,10,12H,4-5H2,1-3H3. The Hall–Kier alpha value is -1.69. The van der Waals surface area contributed by atoms with E-state index in [-0.39, 0.29) is 6.04 Å². The first-order chi connectivity index (χ1) is 8.24. The van der Waals surface area contributed by atoms with Crippen molar-refractivity contribution in [2.45, 2.75) is 19.4 Å². The van der Waals surface area contributed by atoms with Crippen molar-refractivity contribution in [3.8, 4) is 0 Å².